The molecule has 0 atom stereocenters. The molecule has 0 unspecified atom stereocenters. The molecule has 0 bridgehead atoms. The number of anilines is 1. The minimum absolute atomic E-state index is 0.0559. The summed E-state index contributed by atoms with van der Waals surface area (Å²) in [4.78, 5) is 30.9. The smallest absolute Gasteiger partial charge is 0.323 e. The van der Waals surface area contributed by atoms with E-state index in [1.165, 1.54) is 0 Å². The summed E-state index contributed by atoms with van der Waals surface area (Å²) >= 11 is 0. The van der Waals surface area contributed by atoms with E-state index in [9.17, 15) is 9.59 Å². The van der Waals surface area contributed by atoms with Gasteiger partial charge < -0.3 is 9.80 Å². The minimum atomic E-state index is -0.165. The highest BCUT2D eigenvalue weighted by Gasteiger charge is 2.22. The van der Waals surface area contributed by atoms with Crippen molar-refractivity contribution in [2.24, 2.45) is 0 Å². The Morgan fingerprint density at radius 3 is 2.37 bits per heavy atom. The highest BCUT2D eigenvalue weighted by molar-refractivity contribution is 5.88. The maximum atomic E-state index is 12.0. The Balaban J connectivity index is 1.90. The minimum Gasteiger partial charge on any atom is -0.339 e. The van der Waals surface area contributed by atoms with Gasteiger partial charge in [-0.1, -0.05) is 6.07 Å². The van der Waals surface area contributed by atoms with Crippen LogP contribution in [0.2, 0.25) is 0 Å². The lowest BCUT2D eigenvalue weighted by atomic mass is 10.3. The van der Waals surface area contributed by atoms with Gasteiger partial charge in [-0.15, -0.1) is 0 Å². The Hall–Kier alpha value is -2.11. The van der Waals surface area contributed by atoms with Crippen LogP contribution in [0, 0.1) is 6.92 Å². The van der Waals surface area contributed by atoms with Crippen molar-refractivity contribution in [1.82, 2.24) is 14.8 Å². The molecule has 2 heterocycles. The molecule has 0 saturated carbocycles. The number of pyridine rings is 1. The number of aromatic nitrogens is 1. The first kappa shape index (κ1) is 13.3. The summed E-state index contributed by atoms with van der Waals surface area (Å²) in [5.41, 5.74) is 0.860. The van der Waals surface area contributed by atoms with Crippen molar-refractivity contribution in [1.29, 1.82) is 0 Å². The Morgan fingerprint density at radius 1 is 1.16 bits per heavy atom. The van der Waals surface area contributed by atoms with Crippen LogP contribution in [0.5, 0.6) is 0 Å². The van der Waals surface area contributed by atoms with E-state index in [1.807, 2.05) is 19.1 Å². The predicted molar refractivity (Wildman–Crippen MR) is 71.8 cm³/mol. The van der Waals surface area contributed by atoms with Crippen LogP contribution < -0.4 is 5.32 Å². The quantitative estimate of drug-likeness (QED) is 0.823. The molecule has 0 aliphatic carbocycles. The van der Waals surface area contributed by atoms with Gasteiger partial charge in [0.15, 0.2) is 0 Å². The molecule has 1 aromatic rings. The fourth-order valence-corrected chi connectivity index (χ4v) is 2.03. The third-order valence-electron chi connectivity index (χ3n) is 3.14. The zero-order valence-corrected chi connectivity index (χ0v) is 11.2. The lowest BCUT2D eigenvalue weighted by Gasteiger charge is -2.34. The summed E-state index contributed by atoms with van der Waals surface area (Å²) < 4.78 is 0. The average molecular weight is 262 g/mol. The standard InChI is InChI=1S/C13H18N4O2/c1-10-4-3-5-12(14-10)15-13(19)17-8-6-16(7-9-17)11(2)18/h3-5H,6-9H2,1-2H3,(H,14,15,19). The number of carbonyl (C=O) groups is 2. The number of amides is 3. The molecule has 1 aromatic heterocycles. The molecular formula is C13H18N4O2. The second-order valence-electron chi connectivity index (χ2n) is 4.59. The fraction of sp³-hybridized carbons (Fsp3) is 0.462. The van der Waals surface area contributed by atoms with Crippen LogP contribution in [-0.4, -0.2) is 52.9 Å². The molecule has 102 valence electrons. The number of aryl methyl sites for hydroxylation is 1. The van der Waals surface area contributed by atoms with E-state index in [0.717, 1.165) is 5.69 Å². The van der Waals surface area contributed by atoms with Gasteiger partial charge in [0.1, 0.15) is 5.82 Å². The lowest BCUT2D eigenvalue weighted by Crippen LogP contribution is -2.51. The molecule has 0 aromatic carbocycles. The molecule has 19 heavy (non-hydrogen) atoms. The highest BCUT2D eigenvalue weighted by atomic mass is 16.2. The molecule has 1 saturated heterocycles. The van der Waals surface area contributed by atoms with Crippen molar-refractivity contribution in [3.05, 3.63) is 23.9 Å². The van der Waals surface area contributed by atoms with E-state index in [0.29, 0.717) is 32.0 Å². The van der Waals surface area contributed by atoms with Crippen LogP contribution in [0.25, 0.3) is 0 Å². The molecule has 1 aliphatic rings. The molecular weight excluding hydrogens is 244 g/mol. The molecule has 6 nitrogen and oxygen atoms in total. The number of urea groups is 1. The van der Waals surface area contributed by atoms with Gasteiger partial charge in [0, 0.05) is 38.8 Å². The molecule has 1 fully saturated rings. The topological polar surface area (TPSA) is 65.5 Å². The monoisotopic (exact) mass is 262 g/mol. The Bertz CT molecular complexity index is 481. The Morgan fingerprint density at radius 2 is 1.79 bits per heavy atom. The maximum Gasteiger partial charge on any atom is 0.323 e. The number of hydrogen-bond donors (Lipinski definition) is 1. The fourth-order valence-electron chi connectivity index (χ4n) is 2.03. The third-order valence-corrected chi connectivity index (χ3v) is 3.14. The highest BCUT2D eigenvalue weighted by Crippen LogP contribution is 2.07. The first-order valence-electron chi connectivity index (χ1n) is 6.31. The van der Waals surface area contributed by atoms with Crippen LogP contribution >= 0.6 is 0 Å². The summed E-state index contributed by atoms with van der Waals surface area (Å²) in [6.45, 7) is 5.70. The van der Waals surface area contributed by atoms with E-state index in [4.69, 9.17) is 0 Å². The summed E-state index contributed by atoms with van der Waals surface area (Å²) in [6.07, 6.45) is 0. The van der Waals surface area contributed by atoms with Crippen LogP contribution in [-0.2, 0) is 4.79 Å². The van der Waals surface area contributed by atoms with Crippen molar-refractivity contribution in [2.45, 2.75) is 13.8 Å². The van der Waals surface area contributed by atoms with Crippen LogP contribution in [0.1, 0.15) is 12.6 Å². The SMILES string of the molecule is CC(=O)N1CCN(C(=O)Nc2cccc(C)n2)CC1. The molecule has 3 amide bonds. The van der Waals surface area contributed by atoms with E-state index < -0.39 is 0 Å². The van der Waals surface area contributed by atoms with E-state index >= 15 is 0 Å². The van der Waals surface area contributed by atoms with Gasteiger partial charge in [0.25, 0.3) is 0 Å². The average Bonchev–Trinajstić information content (AvgIpc) is 2.39. The largest absolute Gasteiger partial charge is 0.339 e. The van der Waals surface area contributed by atoms with Gasteiger partial charge in [-0.3, -0.25) is 10.1 Å². The Kier molecular flexibility index (Phi) is 3.99. The second kappa shape index (κ2) is 5.69. The van der Waals surface area contributed by atoms with Crippen LogP contribution in [0.4, 0.5) is 10.6 Å². The number of piperazine rings is 1. The number of rotatable bonds is 1. The zero-order valence-electron chi connectivity index (χ0n) is 11.2. The van der Waals surface area contributed by atoms with E-state index in [-0.39, 0.29) is 11.9 Å². The molecule has 0 spiro atoms. The first-order valence-corrected chi connectivity index (χ1v) is 6.31. The normalized spacial score (nSPS) is 15.3. The van der Waals surface area contributed by atoms with Crippen molar-refractivity contribution in [2.75, 3.05) is 31.5 Å². The summed E-state index contributed by atoms with van der Waals surface area (Å²) in [5, 5.41) is 2.77. The van der Waals surface area contributed by atoms with Crippen LogP contribution in [0.3, 0.4) is 0 Å². The second-order valence-corrected chi connectivity index (χ2v) is 4.59. The van der Waals surface area contributed by atoms with Crippen LogP contribution in [0.15, 0.2) is 18.2 Å². The number of nitrogens with one attached hydrogen (secondary N) is 1. The predicted octanol–water partition coefficient (Wildman–Crippen LogP) is 1.09. The van der Waals surface area contributed by atoms with Gasteiger partial charge in [0.2, 0.25) is 5.91 Å². The maximum absolute atomic E-state index is 12.0. The van der Waals surface area contributed by atoms with Crippen molar-refractivity contribution in [3.63, 3.8) is 0 Å². The molecule has 6 heteroatoms. The third kappa shape index (κ3) is 3.43. The van der Waals surface area contributed by atoms with Crippen molar-refractivity contribution >= 4 is 17.8 Å². The molecule has 2 rings (SSSR count). The molecule has 1 aliphatic heterocycles. The summed E-state index contributed by atoms with van der Waals surface area (Å²) in [6, 6.07) is 5.32. The van der Waals surface area contributed by atoms with Crippen molar-refractivity contribution < 1.29 is 9.59 Å². The number of nitrogens with zero attached hydrogens (tertiary/aromatic N) is 3. The van der Waals surface area contributed by atoms with Gasteiger partial charge in [0.05, 0.1) is 0 Å². The first-order chi connectivity index (χ1) is 9.06. The van der Waals surface area contributed by atoms with Gasteiger partial charge >= 0.3 is 6.03 Å². The summed E-state index contributed by atoms with van der Waals surface area (Å²) in [5.74, 6) is 0.611. The zero-order chi connectivity index (χ0) is 13.8. The number of hydrogen-bond acceptors (Lipinski definition) is 3. The Labute approximate surface area is 112 Å². The lowest BCUT2D eigenvalue weighted by molar-refractivity contribution is -0.130. The summed E-state index contributed by atoms with van der Waals surface area (Å²) in [7, 11) is 0. The van der Waals surface area contributed by atoms with Crippen molar-refractivity contribution in [3.8, 4) is 0 Å². The number of carbonyl (C=O) groups excluding carboxylic acids is 2. The molecule has 0 radical (unpaired) electrons. The van der Waals surface area contributed by atoms with Gasteiger partial charge in [-0.25, -0.2) is 9.78 Å². The van der Waals surface area contributed by atoms with Gasteiger partial charge in [-0.2, -0.15) is 0 Å². The van der Waals surface area contributed by atoms with Gasteiger partial charge in [-0.05, 0) is 19.1 Å². The van der Waals surface area contributed by atoms with E-state index in [1.54, 1.807) is 22.8 Å². The molecule has 1 N–H and O–H groups in total. The van der Waals surface area contributed by atoms with E-state index in [2.05, 4.69) is 10.3 Å².